The number of para-hydroxylation sites is 1. The lowest BCUT2D eigenvalue weighted by molar-refractivity contribution is 0.223. The fourth-order valence-corrected chi connectivity index (χ4v) is 2.60. The maximum Gasteiger partial charge on any atom is 0.123 e. The molecular formula is C14H16O2. The van der Waals surface area contributed by atoms with Gasteiger partial charge in [-0.2, -0.15) is 0 Å². The SMILES string of the molecule is OC1C=C(CC2Cc3ccccc3O2)CC1. The van der Waals surface area contributed by atoms with Crippen LogP contribution in [0.2, 0.25) is 0 Å². The van der Waals surface area contributed by atoms with Crippen molar-refractivity contribution in [3.05, 3.63) is 41.5 Å². The van der Waals surface area contributed by atoms with E-state index in [1.807, 2.05) is 18.2 Å². The summed E-state index contributed by atoms with van der Waals surface area (Å²) >= 11 is 0. The summed E-state index contributed by atoms with van der Waals surface area (Å²) in [6, 6.07) is 8.24. The summed E-state index contributed by atoms with van der Waals surface area (Å²) in [5.74, 6) is 1.03. The van der Waals surface area contributed by atoms with Crippen molar-refractivity contribution in [2.24, 2.45) is 0 Å². The molecular weight excluding hydrogens is 200 g/mol. The first-order valence-corrected chi connectivity index (χ1v) is 5.93. The van der Waals surface area contributed by atoms with Crippen molar-refractivity contribution in [3.8, 4) is 5.75 Å². The van der Waals surface area contributed by atoms with Crippen LogP contribution in [-0.4, -0.2) is 17.3 Å². The van der Waals surface area contributed by atoms with Gasteiger partial charge in [0.15, 0.2) is 0 Å². The molecule has 1 aromatic carbocycles. The Labute approximate surface area is 95.6 Å². The molecule has 2 heteroatoms. The molecule has 0 aromatic heterocycles. The number of rotatable bonds is 2. The van der Waals surface area contributed by atoms with Gasteiger partial charge in [0, 0.05) is 12.8 Å². The lowest BCUT2D eigenvalue weighted by Gasteiger charge is -2.10. The summed E-state index contributed by atoms with van der Waals surface area (Å²) in [7, 11) is 0. The van der Waals surface area contributed by atoms with Crippen molar-refractivity contribution in [2.45, 2.75) is 37.9 Å². The normalized spacial score (nSPS) is 27.4. The summed E-state index contributed by atoms with van der Waals surface area (Å²) in [5, 5.41) is 9.43. The van der Waals surface area contributed by atoms with Crippen LogP contribution in [-0.2, 0) is 6.42 Å². The minimum Gasteiger partial charge on any atom is -0.489 e. The lowest BCUT2D eigenvalue weighted by atomic mass is 10.0. The van der Waals surface area contributed by atoms with Crippen molar-refractivity contribution >= 4 is 0 Å². The van der Waals surface area contributed by atoms with E-state index >= 15 is 0 Å². The summed E-state index contributed by atoms with van der Waals surface area (Å²) in [5.41, 5.74) is 2.66. The van der Waals surface area contributed by atoms with Crippen molar-refractivity contribution in [1.82, 2.24) is 0 Å². The Balaban J connectivity index is 1.66. The fourth-order valence-electron chi connectivity index (χ4n) is 2.60. The molecule has 0 saturated carbocycles. The Bertz CT molecular complexity index is 397. The number of hydrogen-bond donors (Lipinski definition) is 1. The molecule has 0 spiro atoms. The van der Waals surface area contributed by atoms with Gasteiger partial charge in [0.2, 0.25) is 0 Å². The molecule has 0 fully saturated rings. The fraction of sp³-hybridized carbons (Fsp3) is 0.429. The molecule has 0 amide bonds. The van der Waals surface area contributed by atoms with Crippen LogP contribution in [0.5, 0.6) is 5.75 Å². The highest BCUT2D eigenvalue weighted by Crippen LogP contribution is 2.32. The highest BCUT2D eigenvalue weighted by molar-refractivity contribution is 5.37. The van der Waals surface area contributed by atoms with E-state index < -0.39 is 0 Å². The zero-order valence-corrected chi connectivity index (χ0v) is 9.23. The Kier molecular flexibility index (Phi) is 2.44. The molecule has 0 radical (unpaired) electrons. The predicted molar refractivity (Wildman–Crippen MR) is 62.5 cm³/mol. The second kappa shape index (κ2) is 3.95. The van der Waals surface area contributed by atoms with Gasteiger partial charge in [0.25, 0.3) is 0 Å². The van der Waals surface area contributed by atoms with Crippen molar-refractivity contribution in [3.63, 3.8) is 0 Å². The molecule has 1 N–H and O–H groups in total. The van der Waals surface area contributed by atoms with Crippen LogP contribution in [0.4, 0.5) is 0 Å². The molecule has 1 aromatic rings. The van der Waals surface area contributed by atoms with E-state index in [2.05, 4.69) is 12.1 Å². The lowest BCUT2D eigenvalue weighted by Crippen LogP contribution is -2.13. The number of benzene rings is 1. The number of fused-ring (bicyclic) bond motifs is 1. The second-order valence-corrected chi connectivity index (χ2v) is 4.69. The average Bonchev–Trinajstić information content (AvgIpc) is 2.84. The van der Waals surface area contributed by atoms with Crippen LogP contribution in [0.15, 0.2) is 35.9 Å². The van der Waals surface area contributed by atoms with E-state index in [1.54, 1.807) is 0 Å². The molecule has 0 saturated heterocycles. The Hall–Kier alpha value is -1.28. The first kappa shape index (κ1) is 9.91. The number of ether oxygens (including phenoxy) is 1. The summed E-state index contributed by atoms with van der Waals surface area (Å²) in [6.07, 6.45) is 5.92. The summed E-state index contributed by atoms with van der Waals surface area (Å²) < 4.78 is 5.88. The predicted octanol–water partition coefficient (Wildman–Crippen LogP) is 2.46. The number of aliphatic hydroxyl groups is 1. The largest absolute Gasteiger partial charge is 0.489 e. The third kappa shape index (κ3) is 1.85. The minimum absolute atomic E-state index is 0.223. The maximum atomic E-state index is 9.43. The highest BCUT2D eigenvalue weighted by atomic mass is 16.5. The van der Waals surface area contributed by atoms with Crippen LogP contribution in [0.3, 0.4) is 0 Å². The summed E-state index contributed by atoms with van der Waals surface area (Å²) in [4.78, 5) is 0. The molecule has 0 bridgehead atoms. The van der Waals surface area contributed by atoms with Gasteiger partial charge in [-0.25, -0.2) is 0 Å². The number of hydrogen-bond acceptors (Lipinski definition) is 2. The van der Waals surface area contributed by atoms with Gasteiger partial charge in [-0.3, -0.25) is 0 Å². The zero-order valence-electron chi connectivity index (χ0n) is 9.23. The molecule has 1 aliphatic heterocycles. The van der Waals surface area contributed by atoms with Gasteiger partial charge in [-0.05, 0) is 24.5 Å². The van der Waals surface area contributed by atoms with Crippen LogP contribution in [0, 0.1) is 0 Å². The molecule has 1 heterocycles. The molecule has 2 aliphatic rings. The number of aliphatic hydroxyl groups excluding tert-OH is 1. The first-order chi connectivity index (χ1) is 7.81. The first-order valence-electron chi connectivity index (χ1n) is 5.93. The highest BCUT2D eigenvalue weighted by Gasteiger charge is 2.24. The smallest absolute Gasteiger partial charge is 0.123 e. The Morgan fingerprint density at radius 1 is 1.31 bits per heavy atom. The van der Waals surface area contributed by atoms with E-state index in [1.165, 1.54) is 11.1 Å². The van der Waals surface area contributed by atoms with Crippen LogP contribution < -0.4 is 4.74 Å². The molecule has 84 valence electrons. The van der Waals surface area contributed by atoms with Crippen LogP contribution in [0.25, 0.3) is 0 Å². The maximum absolute atomic E-state index is 9.43. The molecule has 2 atom stereocenters. The van der Waals surface area contributed by atoms with Crippen molar-refractivity contribution in [1.29, 1.82) is 0 Å². The van der Waals surface area contributed by atoms with E-state index in [4.69, 9.17) is 4.74 Å². The van der Waals surface area contributed by atoms with Crippen molar-refractivity contribution < 1.29 is 9.84 Å². The summed E-state index contributed by atoms with van der Waals surface area (Å²) in [6.45, 7) is 0. The van der Waals surface area contributed by atoms with Crippen LogP contribution in [0.1, 0.15) is 24.8 Å². The molecule has 3 rings (SSSR count). The molecule has 2 unspecified atom stereocenters. The zero-order chi connectivity index (χ0) is 11.0. The minimum atomic E-state index is -0.223. The van der Waals surface area contributed by atoms with Gasteiger partial charge < -0.3 is 9.84 Å². The molecule has 2 nitrogen and oxygen atoms in total. The van der Waals surface area contributed by atoms with E-state index in [0.29, 0.717) is 0 Å². The second-order valence-electron chi connectivity index (χ2n) is 4.69. The third-order valence-electron chi connectivity index (χ3n) is 3.39. The topological polar surface area (TPSA) is 29.5 Å². The quantitative estimate of drug-likeness (QED) is 0.769. The van der Waals surface area contributed by atoms with E-state index in [9.17, 15) is 5.11 Å². The van der Waals surface area contributed by atoms with E-state index in [-0.39, 0.29) is 12.2 Å². The van der Waals surface area contributed by atoms with E-state index in [0.717, 1.165) is 31.4 Å². The third-order valence-corrected chi connectivity index (χ3v) is 3.39. The Morgan fingerprint density at radius 3 is 2.94 bits per heavy atom. The van der Waals surface area contributed by atoms with Crippen molar-refractivity contribution in [2.75, 3.05) is 0 Å². The average molecular weight is 216 g/mol. The van der Waals surface area contributed by atoms with Gasteiger partial charge >= 0.3 is 0 Å². The standard InChI is InChI=1S/C14H16O2/c15-12-6-5-10(7-12)8-13-9-11-3-1-2-4-14(11)16-13/h1-4,7,12-13,15H,5-6,8-9H2. The van der Waals surface area contributed by atoms with Gasteiger partial charge in [0.1, 0.15) is 11.9 Å². The molecule has 1 aliphatic carbocycles. The molecule has 16 heavy (non-hydrogen) atoms. The van der Waals surface area contributed by atoms with Crippen LogP contribution >= 0.6 is 0 Å². The van der Waals surface area contributed by atoms with Gasteiger partial charge in [0.05, 0.1) is 6.10 Å². The van der Waals surface area contributed by atoms with Gasteiger partial charge in [-0.1, -0.05) is 29.8 Å². The Morgan fingerprint density at radius 2 is 2.19 bits per heavy atom. The van der Waals surface area contributed by atoms with Gasteiger partial charge in [-0.15, -0.1) is 0 Å². The monoisotopic (exact) mass is 216 g/mol.